The molecule has 18 heavy (non-hydrogen) atoms. The van der Waals surface area contributed by atoms with E-state index in [1.807, 2.05) is 30.3 Å². The third kappa shape index (κ3) is 2.93. The van der Waals surface area contributed by atoms with E-state index in [-0.39, 0.29) is 10.6 Å². The van der Waals surface area contributed by atoms with Gasteiger partial charge in [-0.3, -0.25) is 0 Å². The van der Waals surface area contributed by atoms with Crippen LogP contribution in [0.15, 0.2) is 46.9 Å². The van der Waals surface area contributed by atoms with Gasteiger partial charge in [-0.15, -0.1) is 0 Å². The normalized spacial score (nSPS) is 12.2. The first-order valence-corrected chi connectivity index (χ1v) is 7.05. The minimum absolute atomic E-state index is 0.170. The number of ether oxygens (including phenoxy) is 1. The maximum atomic E-state index is 13.8. The van der Waals surface area contributed by atoms with Gasteiger partial charge in [0.1, 0.15) is 11.6 Å². The molecule has 0 aliphatic rings. The molecular weight excluding hydrogens is 363 g/mol. The number of rotatable bonds is 3. The Labute approximate surface area is 122 Å². The third-order valence-corrected chi connectivity index (χ3v) is 4.16. The maximum Gasteiger partial charge on any atom is 0.129 e. The predicted octanol–water partition coefficient (Wildman–Crippen LogP) is 5.08. The fourth-order valence-electron chi connectivity index (χ4n) is 1.66. The first kappa shape index (κ1) is 13.6. The highest BCUT2D eigenvalue weighted by atomic mass is 79.9. The smallest absolute Gasteiger partial charge is 0.129 e. The molecule has 0 aliphatic carbocycles. The lowest BCUT2D eigenvalue weighted by molar-refractivity contribution is 0.414. The highest BCUT2D eigenvalue weighted by Crippen LogP contribution is 2.34. The Balaban J connectivity index is 2.31. The van der Waals surface area contributed by atoms with Crippen LogP contribution in [0, 0.1) is 5.82 Å². The Bertz CT molecular complexity index is 540. The molecular formula is C14H11Br2FO. The van der Waals surface area contributed by atoms with Crippen molar-refractivity contribution < 1.29 is 9.13 Å². The van der Waals surface area contributed by atoms with Crippen molar-refractivity contribution in [2.75, 3.05) is 7.11 Å². The molecule has 1 unspecified atom stereocenters. The summed E-state index contributed by atoms with van der Waals surface area (Å²) in [6.07, 6.45) is 0. The molecule has 0 radical (unpaired) electrons. The molecule has 2 aromatic rings. The summed E-state index contributed by atoms with van der Waals surface area (Å²) in [6, 6.07) is 12.6. The summed E-state index contributed by atoms with van der Waals surface area (Å²) < 4.78 is 19.7. The Morgan fingerprint density at radius 2 is 1.78 bits per heavy atom. The van der Waals surface area contributed by atoms with Gasteiger partial charge in [0.15, 0.2) is 0 Å². The Morgan fingerprint density at radius 3 is 2.33 bits per heavy atom. The van der Waals surface area contributed by atoms with E-state index in [0.29, 0.717) is 5.56 Å². The zero-order chi connectivity index (χ0) is 13.1. The average Bonchev–Trinajstić information content (AvgIpc) is 2.38. The van der Waals surface area contributed by atoms with E-state index in [2.05, 4.69) is 31.9 Å². The van der Waals surface area contributed by atoms with E-state index < -0.39 is 0 Å². The SMILES string of the molecule is COc1ccc(C(Br)c2ccc(Br)cc2F)cc1. The van der Waals surface area contributed by atoms with Gasteiger partial charge >= 0.3 is 0 Å². The highest BCUT2D eigenvalue weighted by Gasteiger charge is 2.14. The van der Waals surface area contributed by atoms with Crippen LogP contribution in [0.5, 0.6) is 5.75 Å². The van der Waals surface area contributed by atoms with Crippen molar-refractivity contribution in [2.45, 2.75) is 4.83 Å². The number of hydrogen-bond acceptors (Lipinski definition) is 1. The fourth-order valence-corrected chi connectivity index (χ4v) is 2.67. The second kappa shape index (κ2) is 5.85. The highest BCUT2D eigenvalue weighted by molar-refractivity contribution is 9.10. The Kier molecular flexibility index (Phi) is 4.40. The molecule has 0 saturated heterocycles. The molecule has 0 amide bonds. The molecule has 0 fully saturated rings. The number of hydrogen-bond donors (Lipinski definition) is 0. The summed E-state index contributed by atoms with van der Waals surface area (Å²) in [7, 11) is 1.62. The summed E-state index contributed by atoms with van der Waals surface area (Å²) in [5.74, 6) is 0.553. The third-order valence-electron chi connectivity index (χ3n) is 2.64. The maximum absolute atomic E-state index is 13.8. The molecule has 1 nitrogen and oxygen atoms in total. The summed E-state index contributed by atoms with van der Waals surface area (Å²) in [5, 5.41) is 0. The molecule has 0 N–H and O–H groups in total. The van der Waals surface area contributed by atoms with Crippen LogP contribution in [0.1, 0.15) is 16.0 Å². The molecule has 0 heterocycles. The first-order valence-electron chi connectivity index (χ1n) is 5.35. The Hall–Kier alpha value is -0.870. The second-order valence-electron chi connectivity index (χ2n) is 3.80. The second-order valence-corrected chi connectivity index (χ2v) is 5.63. The van der Waals surface area contributed by atoms with E-state index in [0.717, 1.165) is 15.8 Å². The van der Waals surface area contributed by atoms with Gasteiger partial charge in [-0.1, -0.05) is 50.1 Å². The number of benzene rings is 2. The minimum Gasteiger partial charge on any atom is -0.497 e. The lowest BCUT2D eigenvalue weighted by Crippen LogP contribution is -1.96. The molecule has 4 heteroatoms. The monoisotopic (exact) mass is 372 g/mol. The van der Waals surface area contributed by atoms with Gasteiger partial charge in [0.2, 0.25) is 0 Å². The molecule has 94 valence electrons. The molecule has 0 saturated carbocycles. The van der Waals surface area contributed by atoms with Gasteiger partial charge in [0, 0.05) is 10.0 Å². The van der Waals surface area contributed by atoms with Crippen LogP contribution in [-0.2, 0) is 0 Å². The van der Waals surface area contributed by atoms with Crippen LogP contribution in [0.3, 0.4) is 0 Å². The molecule has 0 aliphatic heterocycles. The van der Waals surface area contributed by atoms with E-state index in [9.17, 15) is 4.39 Å². The standard InChI is InChI=1S/C14H11Br2FO/c1-18-11-5-2-9(3-6-11)14(16)12-7-4-10(15)8-13(12)17/h2-8,14H,1H3. The van der Waals surface area contributed by atoms with E-state index >= 15 is 0 Å². The lowest BCUT2D eigenvalue weighted by atomic mass is 10.0. The van der Waals surface area contributed by atoms with Crippen LogP contribution < -0.4 is 4.74 Å². The van der Waals surface area contributed by atoms with Crippen molar-refractivity contribution in [3.63, 3.8) is 0 Å². The van der Waals surface area contributed by atoms with Crippen LogP contribution in [0.25, 0.3) is 0 Å². The van der Waals surface area contributed by atoms with Crippen molar-refractivity contribution in [1.82, 2.24) is 0 Å². The number of halogens is 3. The van der Waals surface area contributed by atoms with Crippen molar-refractivity contribution in [3.05, 3.63) is 63.9 Å². The zero-order valence-electron chi connectivity index (χ0n) is 9.66. The van der Waals surface area contributed by atoms with E-state index in [4.69, 9.17) is 4.74 Å². The van der Waals surface area contributed by atoms with Gasteiger partial charge in [-0.05, 0) is 29.8 Å². The van der Waals surface area contributed by atoms with Gasteiger partial charge in [-0.25, -0.2) is 4.39 Å². The topological polar surface area (TPSA) is 9.23 Å². The van der Waals surface area contributed by atoms with Gasteiger partial charge in [0.25, 0.3) is 0 Å². The molecule has 2 aromatic carbocycles. The van der Waals surface area contributed by atoms with Gasteiger partial charge < -0.3 is 4.74 Å². The summed E-state index contributed by atoms with van der Waals surface area (Å²) >= 11 is 6.77. The van der Waals surface area contributed by atoms with Gasteiger partial charge in [0.05, 0.1) is 11.9 Å². The number of methoxy groups -OCH3 is 1. The molecule has 0 spiro atoms. The lowest BCUT2D eigenvalue weighted by Gasteiger charge is -2.12. The van der Waals surface area contributed by atoms with E-state index in [1.54, 1.807) is 13.2 Å². The van der Waals surface area contributed by atoms with Crippen LogP contribution >= 0.6 is 31.9 Å². The number of alkyl halides is 1. The average molecular weight is 374 g/mol. The first-order chi connectivity index (χ1) is 8.61. The largest absolute Gasteiger partial charge is 0.497 e. The van der Waals surface area contributed by atoms with Crippen LogP contribution in [-0.4, -0.2) is 7.11 Å². The molecule has 1 atom stereocenters. The van der Waals surface area contributed by atoms with Crippen molar-refractivity contribution in [3.8, 4) is 5.75 Å². The van der Waals surface area contributed by atoms with Crippen molar-refractivity contribution in [1.29, 1.82) is 0 Å². The molecule has 0 aromatic heterocycles. The van der Waals surface area contributed by atoms with Crippen LogP contribution in [0.4, 0.5) is 4.39 Å². The summed E-state index contributed by atoms with van der Waals surface area (Å²) in [4.78, 5) is -0.170. The molecule has 0 bridgehead atoms. The van der Waals surface area contributed by atoms with Crippen molar-refractivity contribution >= 4 is 31.9 Å². The summed E-state index contributed by atoms with van der Waals surface area (Å²) in [5.41, 5.74) is 1.60. The minimum atomic E-state index is -0.234. The summed E-state index contributed by atoms with van der Waals surface area (Å²) in [6.45, 7) is 0. The Morgan fingerprint density at radius 1 is 1.11 bits per heavy atom. The van der Waals surface area contributed by atoms with E-state index in [1.165, 1.54) is 6.07 Å². The van der Waals surface area contributed by atoms with Gasteiger partial charge in [-0.2, -0.15) is 0 Å². The molecule has 2 rings (SSSR count). The van der Waals surface area contributed by atoms with Crippen molar-refractivity contribution in [2.24, 2.45) is 0 Å². The predicted molar refractivity (Wildman–Crippen MR) is 77.9 cm³/mol. The fraction of sp³-hybridized carbons (Fsp3) is 0.143. The zero-order valence-corrected chi connectivity index (χ0v) is 12.8. The quantitative estimate of drug-likeness (QED) is 0.681. The van der Waals surface area contributed by atoms with Crippen LogP contribution in [0.2, 0.25) is 0 Å².